The van der Waals surface area contributed by atoms with Crippen LogP contribution in [-0.4, -0.2) is 15.0 Å². The summed E-state index contributed by atoms with van der Waals surface area (Å²) in [5.41, 5.74) is 10.1. The third-order valence-corrected chi connectivity index (χ3v) is 10.2. The van der Waals surface area contributed by atoms with E-state index < -0.39 is 0 Å². The Morgan fingerprint density at radius 2 is 0.735 bits per heavy atom. The highest BCUT2D eigenvalue weighted by Crippen LogP contribution is 2.41. The van der Waals surface area contributed by atoms with E-state index in [0.717, 1.165) is 22.3 Å². The monoisotopic (exact) mass is 643 g/mol. The summed E-state index contributed by atoms with van der Waals surface area (Å²) in [5.74, 6) is 1.96. The normalized spacial score (nSPS) is 11.3. The fraction of sp³-hybridized carbons (Fsp3) is 0. The summed E-state index contributed by atoms with van der Waals surface area (Å²) >= 11 is 1.83. The van der Waals surface area contributed by atoms with E-state index in [2.05, 4.69) is 140 Å². The smallest absolute Gasteiger partial charge is 0.164 e. The zero-order chi connectivity index (χ0) is 32.6. The van der Waals surface area contributed by atoms with Crippen molar-refractivity contribution in [3.63, 3.8) is 0 Å². The van der Waals surface area contributed by atoms with Crippen molar-refractivity contribution in [1.29, 1.82) is 0 Å². The van der Waals surface area contributed by atoms with Crippen molar-refractivity contribution in [3.05, 3.63) is 176 Å². The van der Waals surface area contributed by atoms with Crippen molar-refractivity contribution in [2.45, 2.75) is 0 Å². The lowest BCUT2D eigenvalue weighted by atomic mass is 9.99. The van der Waals surface area contributed by atoms with Gasteiger partial charge in [0.25, 0.3) is 0 Å². The first-order chi connectivity index (χ1) is 24.3. The Bertz CT molecular complexity index is 2560. The Morgan fingerprint density at radius 1 is 0.306 bits per heavy atom. The number of benzene rings is 7. The molecule has 0 atom stereocenters. The highest BCUT2D eigenvalue weighted by atomic mass is 32.1. The first-order valence-corrected chi connectivity index (χ1v) is 17.2. The van der Waals surface area contributed by atoms with Gasteiger partial charge in [0, 0.05) is 36.9 Å². The summed E-state index contributed by atoms with van der Waals surface area (Å²) in [6, 6.07) is 61.6. The first kappa shape index (κ1) is 29.0. The SMILES string of the molecule is c1ccc(-c2ccc(-c3ccc(-c4nc(-c5ccccc5)nc(-c5ccc6sc7c(-c8ccccc8)cccc7c6c5)n4)cc3)cc2)cc1. The van der Waals surface area contributed by atoms with Crippen molar-refractivity contribution in [2.24, 2.45) is 0 Å². The molecular weight excluding hydrogens is 615 g/mol. The van der Waals surface area contributed by atoms with Crippen LogP contribution >= 0.6 is 11.3 Å². The van der Waals surface area contributed by atoms with E-state index in [1.165, 1.54) is 48.0 Å². The van der Waals surface area contributed by atoms with Gasteiger partial charge in [0.05, 0.1) is 0 Å². The number of thiophene rings is 1. The van der Waals surface area contributed by atoms with Crippen LogP contribution in [0.3, 0.4) is 0 Å². The average Bonchev–Trinajstić information content (AvgIpc) is 3.57. The third kappa shape index (κ3) is 5.58. The van der Waals surface area contributed by atoms with E-state index in [1.54, 1.807) is 0 Å². The number of fused-ring (bicyclic) bond motifs is 3. The maximum Gasteiger partial charge on any atom is 0.164 e. The molecule has 0 bridgehead atoms. The Balaban J connectivity index is 1.11. The fourth-order valence-corrected chi connectivity index (χ4v) is 7.65. The Hall–Kier alpha value is -6.23. The van der Waals surface area contributed by atoms with Gasteiger partial charge in [-0.05, 0) is 51.6 Å². The predicted molar refractivity (Wildman–Crippen MR) is 205 cm³/mol. The Labute approximate surface area is 288 Å². The van der Waals surface area contributed by atoms with Crippen molar-refractivity contribution < 1.29 is 0 Å². The molecule has 9 aromatic rings. The highest BCUT2D eigenvalue weighted by Gasteiger charge is 2.15. The molecule has 49 heavy (non-hydrogen) atoms. The Morgan fingerprint density at radius 3 is 1.31 bits per heavy atom. The molecule has 4 heteroatoms. The molecule has 0 fully saturated rings. The molecule has 0 amide bonds. The second kappa shape index (κ2) is 12.4. The minimum atomic E-state index is 0.650. The van der Waals surface area contributed by atoms with Gasteiger partial charge in [0.2, 0.25) is 0 Å². The van der Waals surface area contributed by atoms with Gasteiger partial charge < -0.3 is 0 Å². The van der Waals surface area contributed by atoms with Crippen molar-refractivity contribution >= 4 is 31.5 Å². The summed E-state index contributed by atoms with van der Waals surface area (Å²) in [5, 5.41) is 2.45. The summed E-state index contributed by atoms with van der Waals surface area (Å²) in [6.45, 7) is 0. The molecule has 0 aliphatic rings. The third-order valence-electron chi connectivity index (χ3n) is 8.98. The average molecular weight is 644 g/mol. The van der Waals surface area contributed by atoms with Crippen molar-refractivity contribution in [1.82, 2.24) is 15.0 Å². The van der Waals surface area contributed by atoms with E-state index in [-0.39, 0.29) is 0 Å². The van der Waals surface area contributed by atoms with Crippen LogP contribution in [0.25, 0.3) is 87.7 Å². The molecule has 0 unspecified atom stereocenters. The van der Waals surface area contributed by atoms with Gasteiger partial charge in [0.1, 0.15) is 0 Å². The van der Waals surface area contributed by atoms with Gasteiger partial charge >= 0.3 is 0 Å². The highest BCUT2D eigenvalue weighted by molar-refractivity contribution is 7.26. The molecule has 0 radical (unpaired) electrons. The standard InChI is InChI=1S/C45H29N3S/c1-4-11-30(12-5-1)31-19-21-32(22-20-31)33-23-25-36(26-24-33)44-46-43(35-15-8-3-9-16-35)47-45(48-44)37-27-28-41-40(29-37)39-18-10-17-38(42(39)49-41)34-13-6-2-7-14-34/h1-29H. The van der Waals surface area contributed by atoms with Crippen LogP contribution in [0, 0.1) is 0 Å². The lowest BCUT2D eigenvalue weighted by molar-refractivity contribution is 1.07. The van der Waals surface area contributed by atoms with Gasteiger partial charge in [-0.15, -0.1) is 11.3 Å². The van der Waals surface area contributed by atoms with E-state index >= 15 is 0 Å². The lowest BCUT2D eigenvalue weighted by Crippen LogP contribution is -2.00. The quantitative estimate of drug-likeness (QED) is 0.181. The van der Waals surface area contributed by atoms with Gasteiger partial charge in [-0.25, -0.2) is 15.0 Å². The molecule has 0 aliphatic carbocycles. The molecule has 0 aliphatic heterocycles. The zero-order valence-corrected chi connectivity index (χ0v) is 27.3. The second-order valence-corrected chi connectivity index (χ2v) is 13.1. The lowest BCUT2D eigenvalue weighted by Gasteiger charge is -2.10. The second-order valence-electron chi connectivity index (χ2n) is 12.1. The van der Waals surface area contributed by atoms with Crippen LogP contribution in [0.2, 0.25) is 0 Å². The maximum absolute atomic E-state index is 5.06. The summed E-state index contributed by atoms with van der Waals surface area (Å²) in [6.07, 6.45) is 0. The van der Waals surface area contributed by atoms with Gasteiger partial charge in [-0.2, -0.15) is 0 Å². The number of aromatic nitrogens is 3. The van der Waals surface area contributed by atoms with Crippen molar-refractivity contribution in [3.8, 4) is 67.5 Å². The summed E-state index contributed by atoms with van der Waals surface area (Å²) < 4.78 is 2.53. The largest absolute Gasteiger partial charge is 0.208 e. The number of nitrogens with zero attached hydrogens (tertiary/aromatic N) is 3. The number of hydrogen-bond donors (Lipinski definition) is 0. The molecule has 2 aromatic heterocycles. The molecule has 3 nitrogen and oxygen atoms in total. The van der Waals surface area contributed by atoms with Crippen molar-refractivity contribution in [2.75, 3.05) is 0 Å². The molecule has 0 saturated carbocycles. The summed E-state index contributed by atoms with van der Waals surface area (Å²) in [7, 11) is 0. The predicted octanol–water partition coefficient (Wildman–Crippen LogP) is 12.2. The molecule has 9 rings (SSSR count). The van der Waals surface area contributed by atoms with Crippen LogP contribution in [0.1, 0.15) is 0 Å². The molecule has 2 heterocycles. The zero-order valence-electron chi connectivity index (χ0n) is 26.5. The topological polar surface area (TPSA) is 38.7 Å². The van der Waals surface area contributed by atoms with Crippen LogP contribution in [0.5, 0.6) is 0 Å². The van der Waals surface area contributed by atoms with Crippen LogP contribution < -0.4 is 0 Å². The van der Waals surface area contributed by atoms with Gasteiger partial charge in [-0.1, -0.05) is 158 Å². The first-order valence-electron chi connectivity index (χ1n) is 16.4. The molecule has 0 spiro atoms. The number of hydrogen-bond acceptors (Lipinski definition) is 4. The van der Waals surface area contributed by atoms with Gasteiger partial charge in [-0.3, -0.25) is 0 Å². The van der Waals surface area contributed by atoms with Crippen LogP contribution in [0.4, 0.5) is 0 Å². The van der Waals surface area contributed by atoms with Crippen LogP contribution in [-0.2, 0) is 0 Å². The minimum Gasteiger partial charge on any atom is -0.208 e. The summed E-state index contributed by atoms with van der Waals surface area (Å²) in [4.78, 5) is 15.1. The van der Waals surface area contributed by atoms with Crippen LogP contribution in [0.15, 0.2) is 176 Å². The van der Waals surface area contributed by atoms with E-state index in [4.69, 9.17) is 15.0 Å². The van der Waals surface area contributed by atoms with E-state index in [1.807, 2.05) is 47.7 Å². The Kier molecular flexibility index (Phi) is 7.34. The van der Waals surface area contributed by atoms with E-state index in [9.17, 15) is 0 Å². The molecule has 0 N–H and O–H groups in total. The number of rotatable bonds is 6. The molecular formula is C45H29N3S. The van der Waals surface area contributed by atoms with Gasteiger partial charge in [0.15, 0.2) is 17.5 Å². The molecule has 7 aromatic carbocycles. The fourth-order valence-electron chi connectivity index (χ4n) is 6.43. The maximum atomic E-state index is 5.06. The minimum absolute atomic E-state index is 0.650. The molecule has 0 saturated heterocycles. The molecule has 230 valence electrons. The van der Waals surface area contributed by atoms with E-state index in [0.29, 0.717) is 17.5 Å².